The van der Waals surface area contributed by atoms with Crippen LogP contribution in [0.4, 0.5) is 4.39 Å². The van der Waals surface area contributed by atoms with Crippen molar-refractivity contribution in [1.82, 2.24) is 15.0 Å². The normalized spacial score (nSPS) is 10.7. The van der Waals surface area contributed by atoms with E-state index < -0.39 is 11.8 Å². The number of ether oxygens (including phenoxy) is 1. The Hall–Kier alpha value is -1.99. The van der Waals surface area contributed by atoms with Crippen molar-refractivity contribution in [3.63, 3.8) is 0 Å². The van der Waals surface area contributed by atoms with Crippen LogP contribution in [-0.2, 0) is 17.7 Å². The zero-order valence-electron chi connectivity index (χ0n) is 11.3. The van der Waals surface area contributed by atoms with Gasteiger partial charge in [0.15, 0.2) is 5.69 Å². The Morgan fingerprint density at radius 3 is 2.90 bits per heavy atom. The minimum atomic E-state index is -0.596. The molecule has 0 spiro atoms. The number of halogens is 2. The third kappa shape index (κ3) is 3.37. The number of nitrogens with two attached hydrogens (primary N) is 1. The summed E-state index contributed by atoms with van der Waals surface area (Å²) in [5.41, 5.74) is 6.53. The number of hydrogen-bond acceptors (Lipinski definition) is 5. The smallest absolute Gasteiger partial charge is 0.360 e. The molecule has 0 fully saturated rings. The van der Waals surface area contributed by atoms with Crippen LogP contribution in [0, 0.1) is 5.82 Å². The number of nitrogens with zero attached hydrogens (tertiary/aromatic N) is 3. The summed E-state index contributed by atoms with van der Waals surface area (Å²) in [4.78, 5) is 11.6. The van der Waals surface area contributed by atoms with Crippen LogP contribution in [-0.4, -0.2) is 34.6 Å². The highest BCUT2D eigenvalue weighted by molar-refractivity contribution is 6.30. The number of carbonyl (C=O) groups is 1. The minimum absolute atomic E-state index is 0.0947. The molecule has 2 N–H and O–H groups in total. The molecule has 112 valence electrons. The van der Waals surface area contributed by atoms with Crippen molar-refractivity contribution >= 4 is 17.6 Å². The van der Waals surface area contributed by atoms with Crippen molar-refractivity contribution < 1.29 is 13.9 Å². The first kappa shape index (κ1) is 15.4. The van der Waals surface area contributed by atoms with Crippen molar-refractivity contribution in [3.8, 4) is 0 Å². The summed E-state index contributed by atoms with van der Waals surface area (Å²) >= 11 is 5.71. The molecule has 8 heteroatoms. The number of benzene rings is 1. The van der Waals surface area contributed by atoms with Crippen LogP contribution < -0.4 is 5.73 Å². The molecule has 0 aliphatic carbocycles. The molecule has 2 aromatic rings. The highest BCUT2D eigenvalue weighted by Gasteiger charge is 2.20. The second-order valence-electron chi connectivity index (χ2n) is 4.31. The first-order chi connectivity index (χ1) is 10.1. The molecule has 6 nitrogen and oxygen atoms in total. The fourth-order valence-corrected chi connectivity index (χ4v) is 2.07. The summed E-state index contributed by atoms with van der Waals surface area (Å²) in [6.07, 6.45) is 0.382. The highest BCUT2D eigenvalue weighted by Crippen LogP contribution is 2.17. The molecule has 0 atom stereocenters. The van der Waals surface area contributed by atoms with E-state index in [-0.39, 0.29) is 12.2 Å². The first-order valence-corrected chi connectivity index (χ1v) is 6.59. The summed E-state index contributed by atoms with van der Waals surface area (Å²) in [6.45, 7) is 0.433. The fourth-order valence-electron chi connectivity index (χ4n) is 1.91. The van der Waals surface area contributed by atoms with E-state index in [0.29, 0.717) is 29.2 Å². The third-order valence-corrected chi connectivity index (χ3v) is 3.17. The maximum atomic E-state index is 13.8. The molecule has 1 aromatic carbocycles. The number of methoxy groups -OCH3 is 1. The van der Waals surface area contributed by atoms with Crippen LogP contribution in [0.15, 0.2) is 18.2 Å². The fraction of sp³-hybridized carbons (Fsp3) is 0.308. The lowest BCUT2D eigenvalue weighted by molar-refractivity contribution is 0.0592. The number of hydrogen-bond donors (Lipinski definition) is 1. The lowest BCUT2D eigenvalue weighted by atomic mass is 10.2. The third-order valence-electron chi connectivity index (χ3n) is 2.93. The zero-order chi connectivity index (χ0) is 15.4. The summed E-state index contributed by atoms with van der Waals surface area (Å²) in [6, 6.07) is 4.36. The average molecular weight is 313 g/mol. The second-order valence-corrected chi connectivity index (χ2v) is 4.74. The molecule has 21 heavy (non-hydrogen) atoms. The van der Waals surface area contributed by atoms with E-state index >= 15 is 0 Å². The zero-order valence-corrected chi connectivity index (χ0v) is 12.1. The molecular formula is C13H14ClFN4O2. The highest BCUT2D eigenvalue weighted by atomic mass is 35.5. The van der Waals surface area contributed by atoms with Gasteiger partial charge in [-0.05, 0) is 18.7 Å². The van der Waals surface area contributed by atoms with Crippen molar-refractivity contribution in [1.29, 1.82) is 0 Å². The van der Waals surface area contributed by atoms with E-state index in [1.54, 1.807) is 12.1 Å². The Bertz CT molecular complexity index is 660. The number of aromatic nitrogens is 3. The van der Waals surface area contributed by atoms with Crippen LogP contribution in [0.25, 0.3) is 0 Å². The van der Waals surface area contributed by atoms with Gasteiger partial charge in [0.25, 0.3) is 0 Å². The second kappa shape index (κ2) is 6.64. The van der Waals surface area contributed by atoms with Gasteiger partial charge < -0.3 is 10.5 Å². The van der Waals surface area contributed by atoms with Crippen LogP contribution in [0.3, 0.4) is 0 Å². The Kier molecular flexibility index (Phi) is 4.87. The molecule has 0 radical (unpaired) electrons. The minimum Gasteiger partial charge on any atom is -0.464 e. The van der Waals surface area contributed by atoms with Gasteiger partial charge in [-0.25, -0.2) is 13.9 Å². The molecule has 0 aliphatic heterocycles. The van der Waals surface area contributed by atoms with Gasteiger partial charge in [-0.15, -0.1) is 5.10 Å². The Labute approximate surface area is 125 Å². The van der Waals surface area contributed by atoms with Gasteiger partial charge >= 0.3 is 5.97 Å². The molecule has 1 heterocycles. The van der Waals surface area contributed by atoms with Crippen LogP contribution in [0.2, 0.25) is 5.02 Å². The maximum Gasteiger partial charge on any atom is 0.360 e. The summed E-state index contributed by atoms with van der Waals surface area (Å²) in [5.74, 6) is -1.04. The monoisotopic (exact) mass is 312 g/mol. The lowest BCUT2D eigenvalue weighted by Gasteiger charge is -2.08. The number of carbonyl (C=O) groups excluding carboxylic acids is 1. The van der Waals surface area contributed by atoms with Crippen LogP contribution in [0.5, 0.6) is 0 Å². The molecule has 1 aromatic heterocycles. The van der Waals surface area contributed by atoms with Gasteiger partial charge in [0.2, 0.25) is 0 Å². The molecule has 0 bridgehead atoms. The molecule has 0 unspecified atom stereocenters. The Morgan fingerprint density at radius 2 is 2.29 bits per heavy atom. The quantitative estimate of drug-likeness (QED) is 0.844. The number of rotatable bonds is 5. The predicted molar refractivity (Wildman–Crippen MR) is 74.6 cm³/mol. The Balaban J connectivity index is 2.35. The van der Waals surface area contributed by atoms with Crippen molar-refractivity contribution in [2.75, 3.05) is 13.7 Å². The molecule has 0 aliphatic rings. The Morgan fingerprint density at radius 1 is 1.52 bits per heavy atom. The molecular weight excluding hydrogens is 299 g/mol. The maximum absolute atomic E-state index is 13.8. The summed E-state index contributed by atoms with van der Waals surface area (Å²) < 4.78 is 19.9. The van der Waals surface area contributed by atoms with E-state index in [9.17, 15) is 9.18 Å². The summed E-state index contributed by atoms with van der Waals surface area (Å²) in [5, 5.41) is 7.97. The predicted octanol–water partition coefficient (Wildman–Crippen LogP) is 1.41. The summed E-state index contributed by atoms with van der Waals surface area (Å²) in [7, 11) is 1.26. The van der Waals surface area contributed by atoms with Crippen molar-refractivity contribution in [2.24, 2.45) is 5.73 Å². The SMILES string of the molecule is COC(=O)c1nnn(Cc2ccc(Cl)cc2F)c1CCN. The molecule has 0 saturated carbocycles. The van der Waals surface area contributed by atoms with E-state index in [2.05, 4.69) is 15.0 Å². The van der Waals surface area contributed by atoms with E-state index in [1.807, 2.05) is 0 Å². The molecule has 2 rings (SSSR count). The van der Waals surface area contributed by atoms with Crippen LogP contribution in [0.1, 0.15) is 21.7 Å². The van der Waals surface area contributed by atoms with Gasteiger partial charge in [0, 0.05) is 17.0 Å². The number of esters is 1. The van der Waals surface area contributed by atoms with E-state index in [0.717, 1.165) is 0 Å². The van der Waals surface area contributed by atoms with Gasteiger partial charge in [0.05, 0.1) is 19.3 Å². The standard InChI is InChI=1S/C13H14ClFN4O2/c1-21-13(20)12-11(4-5-16)19(18-17-12)7-8-2-3-9(14)6-10(8)15/h2-3,6H,4-5,7,16H2,1H3. The average Bonchev–Trinajstić information content (AvgIpc) is 2.84. The molecule has 0 saturated heterocycles. The first-order valence-electron chi connectivity index (χ1n) is 6.21. The van der Waals surface area contributed by atoms with Gasteiger partial charge in [-0.2, -0.15) is 0 Å². The largest absolute Gasteiger partial charge is 0.464 e. The van der Waals surface area contributed by atoms with Crippen molar-refractivity contribution in [2.45, 2.75) is 13.0 Å². The van der Waals surface area contributed by atoms with E-state index in [4.69, 9.17) is 17.3 Å². The topological polar surface area (TPSA) is 83.0 Å². The van der Waals surface area contributed by atoms with Crippen LogP contribution >= 0.6 is 11.6 Å². The molecule has 0 amide bonds. The van der Waals surface area contributed by atoms with Gasteiger partial charge in [-0.1, -0.05) is 22.9 Å². The van der Waals surface area contributed by atoms with Gasteiger partial charge in [-0.3, -0.25) is 0 Å². The lowest BCUT2D eigenvalue weighted by Crippen LogP contribution is -2.15. The van der Waals surface area contributed by atoms with Crippen molar-refractivity contribution in [3.05, 3.63) is 46.0 Å². The van der Waals surface area contributed by atoms with E-state index in [1.165, 1.54) is 17.9 Å². The van der Waals surface area contributed by atoms with Gasteiger partial charge in [0.1, 0.15) is 5.82 Å².